The first-order valence-electron chi connectivity index (χ1n) is 16.0. The van der Waals surface area contributed by atoms with Crippen LogP contribution in [0.1, 0.15) is 65.2 Å². The van der Waals surface area contributed by atoms with Gasteiger partial charge in [-0.2, -0.15) is 0 Å². The van der Waals surface area contributed by atoms with Crippen LogP contribution in [0.5, 0.6) is 0 Å². The Morgan fingerprint density at radius 2 is 1.27 bits per heavy atom. The summed E-state index contributed by atoms with van der Waals surface area (Å²) in [4.78, 5) is 0. The summed E-state index contributed by atoms with van der Waals surface area (Å²) in [6.07, 6.45) is 10.0. The van der Waals surface area contributed by atoms with Gasteiger partial charge >= 0.3 is 0 Å². The third kappa shape index (κ3) is 11.4. The number of ether oxygens (including phenoxy) is 9. The smallest absolute Gasteiger partial charge is 0.104 e. The van der Waals surface area contributed by atoms with Gasteiger partial charge < -0.3 is 42.6 Å². The molecule has 4 fully saturated rings. The molecule has 0 amide bonds. The van der Waals surface area contributed by atoms with Gasteiger partial charge in [-0.1, -0.05) is 46.0 Å². The van der Waals surface area contributed by atoms with E-state index < -0.39 is 0 Å². The lowest BCUT2D eigenvalue weighted by Gasteiger charge is -2.40. The summed E-state index contributed by atoms with van der Waals surface area (Å²) in [5, 5.41) is 0. The molecule has 9 heteroatoms. The standard InChI is InChI=1S/C31H56O9/c1-3-30(22-36-23-30)20-34-13-11-32-10-12-33-15-28(16-35-21-31(4-2)24-37-25-31)39-17-27(38-18-29-19-40-29)14-26-8-6-5-7-9-26/h26-29H,3-25H2,1-2H3. The monoisotopic (exact) mass is 572 g/mol. The molecule has 3 atom stereocenters. The summed E-state index contributed by atoms with van der Waals surface area (Å²) in [6.45, 7) is 14.2. The van der Waals surface area contributed by atoms with Crippen LogP contribution in [-0.4, -0.2) is 117 Å². The fourth-order valence-corrected chi connectivity index (χ4v) is 5.58. The zero-order valence-electron chi connectivity index (χ0n) is 25.2. The highest BCUT2D eigenvalue weighted by Crippen LogP contribution is 2.32. The molecule has 0 aromatic carbocycles. The lowest BCUT2D eigenvalue weighted by atomic mass is 9.84. The van der Waals surface area contributed by atoms with Crippen LogP contribution in [0.2, 0.25) is 0 Å². The van der Waals surface area contributed by atoms with Gasteiger partial charge in [0, 0.05) is 10.8 Å². The zero-order chi connectivity index (χ0) is 27.9. The Hall–Kier alpha value is -0.360. The van der Waals surface area contributed by atoms with Crippen LogP contribution >= 0.6 is 0 Å². The Labute approximate surface area is 242 Å². The molecule has 0 bridgehead atoms. The fraction of sp³-hybridized carbons (Fsp3) is 1.00. The molecule has 4 aliphatic rings. The van der Waals surface area contributed by atoms with E-state index in [4.69, 9.17) is 42.6 Å². The van der Waals surface area contributed by atoms with Gasteiger partial charge in [-0.3, -0.25) is 0 Å². The average molecular weight is 573 g/mol. The van der Waals surface area contributed by atoms with Crippen LogP contribution < -0.4 is 0 Å². The van der Waals surface area contributed by atoms with Crippen LogP contribution in [0.4, 0.5) is 0 Å². The number of hydrogen-bond donors (Lipinski definition) is 0. The molecular formula is C31H56O9. The second-order valence-electron chi connectivity index (χ2n) is 12.6. The Morgan fingerprint density at radius 1 is 0.675 bits per heavy atom. The lowest BCUT2D eigenvalue weighted by molar-refractivity contribution is -0.164. The summed E-state index contributed by atoms with van der Waals surface area (Å²) in [5.74, 6) is 0.729. The molecule has 3 heterocycles. The van der Waals surface area contributed by atoms with Crippen molar-refractivity contribution in [1.82, 2.24) is 0 Å². The third-order valence-electron chi connectivity index (χ3n) is 9.06. The van der Waals surface area contributed by atoms with Crippen LogP contribution in [0.15, 0.2) is 0 Å². The van der Waals surface area contributed by atoms with Crippen molar-refractivity contribution in [2.24, 2.45) is 16.7 Å². The van der Waals surface area contributed by atoms with E-state index in [0.29, 0.717) is 59.5 Å². The zero-order valence-corrected chi connectivity index (χ0v) is 25.2. The summed E-state index contributed by atoms with van der Waals surface area (Å²) in [6, 6.07) is 0. The maximum absolute atomic E-state index is 6.40. The topological polar surface area (TPSA) is 86.4 Å². The molecule has 0 spiro atoms. The lowest BCUT2D eigenvalue weighted by Crippen LogP contribution is -2.46. The van der Waals surface area contributed by atoms with Gasteiger partial charge in [-0.25, -0.2) is 0 Å². The quantitative estimate of drug-likeness (QED) is 0.126. The van der Waals surface area contributed by atoms with Crippen LogP contribution in [0.3, 0.4) is 0 Å². The molecule has 1 aliphatic carbocycles. The van der Waals surface area contributed by atoms with Crippen molar-refractivity contribution in [3.63, 3.8) is 0 Å². The van der Waals surface area contributed by atoms with Gasteiger partial charge in [0.15, 0.2) is 0 Å². The highest BCUT2D eigenvalue weighted by Gasteiger charge is 2.38. The van der Waals surface area contributed by atoms with Gasteiger partial charge in [0.25, 0.3) is 0 Å². The Kier molecular flexibility index (Phi) is 14.4. The van der Waals surface area contributed by atoms with Crippen molar-refractivity contribution in [1.29, 1.82) is 0 Å². The molecule has 0 N–H and O–H groups in total. The number of rotatable bonds is 24. The van der Waals surface area contributed by atoms with E-state index >= 15 is 0 Å². The van der Waals surface area contributed by atoms with Gasteiger partial charge in [-0.15, -0.1) is 0 Å². The van der Waals surface area contributed by atoms with Gasteiger partial charge in [-0.05, 0) is 25.2 Å². The maximum atomic E-state index is 6.40. The summed E-state index contributed by atoms with van der Waals surface area (Å²) in [5.41, 5.74) is 0.370. The molecule has 0 aromatic rings. The summed E-state index contributed by atoms with van der Waals surface area (Å²) >= 11 is 0. The minimum absolute atomic E-state index is 0.0819. The molecule has 1 saturated carbocycles. The SMILES string of the molecule is CCC1(COCCOCCOCC(COCC2(CC)COC2)OCC(CC2CCCCC2)OCC2CO2)COC1. The second-order valence-corrected chi connectivity index (χ2v) is 12.6. The predicted molar refractivity (Wildman–Crippen MR) is 151 cm³/mol. The fourth-order valence-electron chi connectivity index (χ4n) is 5.58. The van der Waals surface area contributed by atoms with E-state index in [0.717, 1.165) is 64.8 Å². The van der Waals surface area contributed by atoms with E-state index in [-0.39, 0.29) is 29.1 Å². The van der Waals surface area contributed by atoms with E-state index in [1.54, 1.807) is 0 Å². The van der Waals surface area contributed by atoms with Crippen molar-refractivity contribution in [3.05, 3.63) is 0 Å². The number of epoxide rings is 1. The molecule has 234 valence electrons. The van der Waals surface area contributed by atoms with E-state index in [2.05, 4.69) is 13.8 Å². The van der Waals surface area contributed by atoms with Crippen LogP contribution in [-0.2, 0) is 42.6 Å². The third-order valence-corrected chi connectivity index (χ3v) is 9.06. The van der Waals surface area contributed by atoms with Crippen molar-refractivity contribution in [2.45, 2.75) is 83.5 Å². The summed E-state index contributed by atoms with van der Waals surface area (Å²) in [7, 11) is 0. The molecule has 3 unspecified atom stereocenters. The maximum Gasteiger partial charge on any atom is 0.104 e. The van der Waals surface area contributed by atoms with E-state index in [1.807, 2.05) is 0 Å². The molecule has 4 rings (SSSR count). The largest absolute Gasteiger partial charge is 0.380 e. The molecule has 3 saturated heterocycles. The van der Waals surface area contributed by atoms with Crippen molar-refractivity contribution in [3.8, 4) is 0 Å². The molecule has 0 aromatic heterocycles. The van der Waals surface area contributed by atoms with Crippen LogP contribution in [0.25, 0.3) is 0 Å². The minimum atomic E-state index is -0.150. The molecule has 3 aliphatic heterocycles. The predicted octanol–water partition coefficient (Wildman–Crippen LogP) is 4.05. The minimum Gasteiger partial charge on any atom is -0.380 e. The van der Waals surface area contributed by atoms with Gasteiger partial charge in [0.05, 0.1) is 105 Å². The first kappa shape index (κ1) is 32.6. The normalized spacial score (nSPS) is 25.2. The second kappa shape index (κ2) is 17.7. The molecule has 9 nitrogen and oxygen atoms in total. The Bertz CT molecular complexity index is 648. The van der Waals surface area contributed by atoms with E-state index in [9.17, 15) is 0 Å². The first-order chi connectivity index (χ1) is 19.6. The van der Waals surface area contributed by atoms with Gasteiger partial charge in [0.1, 0.15) is 12.2 Å². The van der Waals surface area contributed by atoms with Crippen molar-refractivity contribution in [2.75, 3.05) is 99.1 Å². The number of hydrogen-bond acceptors (Lipinski definition) is 9. The molecule has 40 heavy (non-hydrogen) atoms. The van der Waals surface area contributed by atoms with Gasteiger partial charge in [0.2, 0.25) is 0 Å². The Morgan fingerprint density at radius 3 is 1.88 bits per heavy atom. The Balaban J connectivity index is 1.13. The summed E-state index contributed by atoms with van der Waals surface area (Å²) < 4.78 is 52.5. The molecule has 0 radical (unpaired) electrons. The van der Waals surface area contributed by atoms with Crippen molar-refractivity contribution < 1.29 is 42.6 Å². The average Bonchev–Trinajstić information content (AvgIpc) is 3.76. The first-order valence-corrected chi connectivity index (χ1v) is 16.0. The van der Waals surface area contributed by atoms with E-state index in [1.165, 1.54) is 32.1 Å². The van der Waals surface area contributed by atoms with Crippen molar-refractivity contribution >= 4 is 0 Å². The highest BCUT2D eigenvalue weighted by atomic mass is 16.6. The molecular weight excluding hydrogens is 516 g/mol. The highest BCUT2D eigenvalue weighted by molar-refractivity contribution is 4.85. The van der Waals surface area contributed by atoms with Crippen LogP contribution in [0, 0.1) is 16.7 Å².